The molecule has 1 rings (SSSR count). The fourth-order valence-corrected chi connectivity index (χ4v) is 2.54. The van der Waals surface area contributed by atoms with Gasteiger partial charge in [-0.05, 0) is 60.5 Å². The minimum Gasteiger partial charge on any atom is -0.459 e. The highest BCUT2D eigenvalue weighted by atomic mass is 127. The van der Waals surface area contributed by atoms with Crippen molar-refractivity contribution in [1.29, 1.82) is 0 Å². The number of hydrogen-bond donors (Lipinski definition) is 2. The number of aromatic nitrogens is 2. The van der Waals surface area contributed by atoms with Gasteiger partial charge in [-0.15, -0.1) is 24.0 Å². The maximum atomic E-state index is 11.8. The molecule has 0 saturated heterocycles. The van der Waals surface area contributed by atoms with Crippen LogP contribution in [0.5, 0.6) is 0 Å². The van der Waals surface area contributed by atoms with E-state index in [1.54, 1.807) is 0 Å². The maximum absolute atomic E-state index is 11.8. The maximum Gasteiger partial charge on any atom is 0.328 e. The highest BCUT2D eigenvalue weighted by molar-refractivity contribution is 14.0. The van der Waals surface area contributed by atoms with E-state index in [9.17, 15) is 4.79 Å². The number of esters is 1. The van der Waals surface area contributed by atoms with Crippen LogP contribution >= 0.6 is 24.0 Å². The molecule has 26 heavy (non-hydrogen) atoms. The van der Waals surface area contributed by atoms with Gasteiger partial charge in [-0.25, -0.2) is 4.99 Å². The average Bonchev–Trinajstić information content (AvgIpc) is 2.70. The molecule has 0 amide bonds. The second-order valence-corrected chi connectivity index (χ2v) is 7.30. The van der Waals surface area contributed by atoms with Crippen LogP contribution in [0, 0.1) is 13.8 Å². The first-order valence-corrected chi connectivity index (χ1v) is 8.79. The molecule has 150 valence electrons. The van der Waals surface area contributed by atoms with Gasteiger partial charge in [-0.1, -0.05) is 0 Å². The zero-order valence-electron chi connectivity index (χ0n) is 17.3. The van der Waals surface area contributed by atoms with Crippen LogP contribution in [-0.2, 0) is 23.0 Å². The average molecular weight is 479 g/mol. The number of carbonyl (C=O) groups excluding carboxylic acids is 1. The third-order valence-electron chi connectivity index (χ3n) is 3.68. The Balaban J connectivity index is 0.00000625. The van der Waals surface area contributed by atoms with E-state index in [-0.39, 0.29) is 42.5 Å². The van der Waals surface area contributed by atoms with E-state index in [2.05, 4.69) is 34.6 Å². The third kappa shape index (κ3) is 8.37. The Kier molecular flexibility index (Phi) is 10.2. The number of guanidine groups is 1. The lowest BCUT2D eigenvalue weighted by molar-refractivity contribution is -0.152. The lowest BCUT2D eigenvalue weighted by Gasteiger charge is -2.20. The SMILES string of the molecule is CCNC(=NCC(=O)OC(C)(C)C)NC(C)Cc1c(C)nn(C)c1C.I. The monoisotopic (exact) mass is 479 g/mol. The molecule has 1 unspecified atom stereocenters. The first-order chi connectivity index (χ1) is 11.5. The first kappa shape index (κ1) is 24.7. The van der Waals surface area contributed by atoms with Crippen LogP contribution in [0.4, 0.5) is 0 Å². The molecular weight excluding hydrogens is 445 g/mol. The zero-order valence-corrected chi connectivity index (χ0v) is 19.6. The summed E-state index contributed by atoms with van der Waals surface area (Å²) in [4.78, 5) is 16.2. The summed E-state index contributed by atoms with van der Waals surface area (Å²) in [6.45, 7) is 14.4. The molecule has 1 atom stereocenters. The van der Waals surface area contributed by atoms with E-state index in [0.29, 0.717) is 5.96 Å². The van der Waals surface area contributed by atoms with Crippen molar-refractivity contribution in [2.75, 3.05) is 13.1 Å². The molecule has 2 N–H and O–H groups in total. The predicted octanol–water partition coefficient (Wildman–Crippen LogP) is 2.48. The number of nitrogens with one attached hydrogen (secondary N) is 2. The number of rotatable bonds is 6. The molecule has 0 saturated carbocycles. The summed E-state index contributed by atoms with van der Waals surface area (Å²) in [6, 6.07) is 0.151. The first-order valence-electron chi connectivity index (χ1n) is 8.79. The van der Waals surface area contributed by atoms with Crippen LogP contribution in [0.15, 0.2) is 4.99 Å². The van der Waals surface area contributed by atoms with Crippen molar-refractivity contribution in [2.24, 2.45) is 12.0 Å². The van der Waals surface area contributed by atoms with Crippen molar-refractivity contribution >= 4 is 35.9 Å². The Morgan fingerprint density at radius 3 is 2.42 bits per heavy atom. The van der Waals surface area contributed by atoms with Gasteiger partial charge in [0, 0.05) is 25.3 Å². The molecular formula is C18H34IN5O2. The molecule has 0 aliphatic rings. The molecule has 0 radical (unpaired) electrons. The molecule has 0 fully saturated rings. The Bertz CT molecular complexity index is 620. The molecule has 1 heterocycles. The number of aliphatic imine (C=N–C) groups is 1. The summed E-state index contributed by atoms with van der Waals surface area (Å²) >= 11 is 0. The molecule has 1 aromatic heterocycles. The van der Waals surface area contributed by atoms with E-state index in [0.717, 1.165) is 18.7 Å². The summed E-state index contributed by atoms with van der Waals surface area (Å²) in [5.74, 6) is 0.274. The van der Waals surface area contributed by atoms with Crippen molar-refractivity contribution in [1.82, 2.24) is 20.4 Å². The molecule has 1 aromatic rings. The van der Waals surface area contributed by atoms with Crippen LogP contribution < -0.4 is 10.6 Å². The number of carbonyl (C=O) groups is 1. The lowest BCUT2D eigenvalue weighted by Crippen LogP contribution is -2.43. The number of hydrogen-bond acceptors (Lipinski definition) is 4. The van der Waals surface area contributed by atoms with E-state index in [1.165, 1.54) is 11.3 Å². The topological polar surface area (TPSA) is 80.5 Å². The summed E-state index contributed by atoms with van der Waals surface area (Å²) < 4.78 is 7.19. The minimum absolute atomic E-state index is 0. The normalized spacial score (nSPS) is 13.0. The van der Waals surface area contributed by atoms with E-state index in [1.807, 2.05) is 46.3 Å². The standard InChI is InChI=1S/C18H33N5O2.HI/c1-9-19-17(20-11-16(24)25-18(5,6)7)21-12(2)10-15-13(3)22-23(8)14(15)4;/h12H,9-11H2,1-8H3,(H2,19,20,21);1H. The van der Waals surface area contributed by atoms with Gasteiger partial charge in [0.2, 0.25) is 0 Å². The number of aryl methyl sites for hydroxylation is 2. The molecule has 0 aliphatic carbocycles. The minimum atomic E-state index is -0.499. The zero-order chi connectivity index (χ0) is 19.2. The lowest BCUT2D eigenvalue weighted by atomic mass is 10.1. The summed E-state index contributed by atoms with van der Waals surface area (Å²) in [7, 11) is 1.95. The van der Waals surface area contributed by atoms with Crippen molar-refractivity contribution in [3.63, 3.8) is 0 Å². The van der Waals surface area contributed by atoms with Crippen molar-refractivity contribution in [3.05, 3.63) is 17.0 Å². The molecule has 0 spiro atoms. The van der Waals surface area contributed by atoms with Crippen LogP contribution in [-0.4, -0.2) is 46.4 Å². The molecule has 7 nitrogen and oxygen atoms in total. The second kappa shape index (κ2) is 10.7. The van der Waals surface area contributed by atoms with Gasteiger partial charge in [0.1, 0.15) is 12.1 Å². The second-order valence-electron chi connectivity index (χ2n) is 7.30. The third-order valence-corrected chi connectivity index (χ3v) is 3.68. The highest BCUT2D eigenvalue weighted by Gasteiger charge is 2.17. The number of nitrogens with zero attached hydrogens (tertiary/aromatic N) is 3. The fraction of sp³-hybridized carbons (Fsp3) is 0.722. The van der Waals surface area contributed by atoms with E-state index < -0.39 is 5.60 Å². The highest BCUT2D eigenvalue weighted by Crippen LogP contribution is 2.14. The number of halogens is 1. The van der Waals surface area contributed by atoms with Gasteiger partial charge in [-0.3, -0.25) is 9.48 Å². The van der Waals surface area contributed by atoms with Gasteiger partial charge >= 0.3 is 5.97 Å². The van der Waals surface area contributed by atoms with Crippen molar-refractivity contribution < 1.29 is 9.53 Å². The largest absolute Gasteiger partial charge is 0.459 e. The van der Waals surface area contributed by atoms with Crippen LogP contribution in [0.25, 0.3) is 0 Å². The van der Waals surface area contributed by atoms with Gasteiger partial charge in [0.05, 0.1) is 5.69 Å². The summed E-state index contributed by atoms with van der Waals surface area (Å²) in [5, 5.41) is 11.0. The molecule has 0 aromatic carbocycles. The van der Waals surface area contributed by atoms with Crippen LogP contribution in [0.3, 0.4) is 0 Å². The Hall–Kier alpha value is -1.32. The van der Waals surface area contributed by atoms with Crippen LogP contribution in [0.2, 0.25) is 0 Å². The fourth-order valence-electron chi connectivity index (χ4n) is 2.54. The van der Waals surface area contributed by atoms with Crippen LogP contribution in [0.1, 0.15) is 51.6 Å². The number of ether oxygens (including phenoxy) is 1. The van der Waals surface area contributed by atoms with Gasteiger partial charge in [-0.2, -0.15) is 5.10 Å². The quantitative estimate of drug-likeness (QED) is 0.284. The van der Waals surface area contributed by atoms with Gasteiger partial charge in [0.25, 0.3) is 0 Å². The van der Waals surface area contributed by atoms with Crippen molar-refractivity contribution in [2.45, 2.75) is 66.5 Å². The molecule has 0 bridgehead atoms. The Morgan fingerprint density at radius 2 is 1.96 bits per heavy atom. The Labute approximate surface area is 174 Å². The van der Waals surface area contributed by atoms with Crippen molar-refractivity contribution in [3.8, 4) is 0 Å². The summed E-state index contributed by atoms with van der Waals surface area (Å²) in [6.07, 6.45) is 0.836. The van der Waals surface area contributed by atoms with Gasteiger partial charge < -0.3 is 15.4 Å². The van der Waals surface area contributed by atoms with E-state index >= 15 is 0 Å². The summed E-state index contributed by atoms with van der Waals surface area (Å²) in [5.41, 5.74) is 2.96. The predicted molar refractivity (Wildman–Crippen MR) is 116 cm³/mol. The van der Waals surface area contributed by atoms with E-state index in [4.69, 9.17) is 4.74 Å². The van der Waals surface area contributed by atoms with Gasteiger partial charge in [0.15, 0.2) is 5.96 Å². The molecule has 0 aliphatic heterocycles. The Morgan fingerprint density at radius 1 is 1.35 bits per heavy atom. The smallest absolute Gasteiger partial charge is 0.328 e. The molecule has 8 heteroatoms.